The highest BCUT2D eigenvalue weighted by Gasteiger charge is 2.12. The van der Waals surface area contributed by atoms with Crippen molar-refractivity contribution in [2.24, 2.45) is 0 Å². The Morgan fingerprint density at radius 3 is 2.50 bits per heavy atom. The van der Waals surface area contributed by atoms with Crippen molar-refractivity contribution < 1.29 is 4.79 Å². The molecule has 0 aromatic heterocycles. The van der Waals surface area contributed by atoms with Gasteiger partial charge in [-0.05, 0) is 5.56 Å². The molecule has 0 atom stereocenters. The van der Waals surface area contributed by atoms with E-state index < -0.39 is 5.91 Å². The Kier molecular flexibility index (Phi) is 4.05. The van der Waals surface area contributed by atoms with Crippen LogP contribution < -0.4 is 5.32 Å². The SMILES string of the molecule is C=C/C(=C(/C#N)C(=O)NC)c1ccccc1. The number of allylic oxidation sites excluding steroid dienone is 2. The number of carbonyl (C=O) groups is 1. The Hall–Kier alpha value is -2.34. The van der Waals surface area contributed by atoms with Crippen molar-refractivity contribution in [3.63, 3.8) is 0 Å². The number of nitriles is 1. The third kappa shape index (κ3) is 2.37. The van der Waals surface area contributed by atoms with Gasteiger partial charge in [-0.2, -0.15) is 5.26 Å². The van der Waals surface area contributed by atoms with Crippen LogP contribution in [0.2, 0.25) is 0 Å². The second kappa shape index (κ2) is 5.52. The molecule has 3 heteroatoms. The minimum atomic E-state index is -0.402. The monoisotopic (exact) mass is 212 g/mol. The van der Waals surface area contributed by atoms with Crippen LogP contribution in [0.15, 0.2) is 48.6 Å². The maximum absolute atomic E-state index is 11.5. The van der Waals surface area contributed by atoms with Gasteiger partial charge in [0.1, 0.15) is 11.6 Å². The zero-order chi connectivity index (χ0) is 12.0. The minimum Gasteiger partial charge on any atom is -0.354 e. The summed E-state index contributed by atoms with van der Waals surface area (Å²) in [6.07, 6.45) is 1.52. The van der Waals surface area contributed by atoms with Crippen molar-refractivity contribution >= 4 is 11.5 Å². The molecule has 80 valence electrons. The summed E-state index contributed by atoms with van der Waals surface area (Å²) >= 11 is 0. The fraction of sp³-hybridized carbons (Fsp3) is 0.0769. The summed E-state index contributed by atoms with van der Waals surface area (Å²) in [6, 6.07) is 11.1. The predicted molar refractivity (Wildman–Crippen MR) is 63.2 cm³/mol. The fourth-order valence-corrected chi connectivity index (χ4v) is 1.34. The molecule has 0 heterocycles. The van der Waals surface area contributed by atoms with Crippen LogP contribution in [0.4, 0.5) is 0 Å². The number of carbonyl (C=O) groups excluding carboxylic acids is 1. The quantitative estimate of drug-likeness (QED) is 0.472. The molecule has 1 rings (SSSR count). The van der Waals surface area contributed by atoms with Crippen molar-refractivity contribution in [2.75, 3.05) is 7.05 Å². The van der Waals surface area contributed by atoms with Crippen LogP contribution in [-0.2, 0) is 4.79 Å². The second-order valence-corrected chi connectivity index (χ2v) is 3.05. The van der Waals surface area contributed by atoms with Crippen molar-refractivity contribution in [1.82, 2.24) is 5.32 Å². The Balaban J connectivity index is 3.34. The highest BCUT2D eigenvalue weighted by molar-refractivity contribution is 6.06. The summed E-state index contributed by atoms with van der Waals surface area (Å²) in [5, 5.41) is 11.4. The molecule has 0 unspecified atom stereocenters. The molecule has 0 bridgehead atoms. The molecule has 0 aliphatic rings. The second-order valence-electron chi connectivity index (χ2n) is 3.05. The molecule has 1 N–H and O–H groups in total. The Bertz CT molecular complexity index is 466. The normalized spacial score (nSPS) is 11.0. The van der Waals surface area contributed by atoms with Crippen LogP contribution >= 0.6 is 0 Å². The van der Waals surface area contributed by atoms with Crippen LogP contribution in [-0.4, -0.2) is 13.0 Å². The third-order valence-corrected chi connectivity index (χ3v) is 2.12. The first-order valence-electron chi connectivity index (χ1n) is 4.79. The van der Waals surface area contributed by atoms with Gasteiger partial charge in [-0.15, -0.1) is 0 Å². The molecular weight excluding hydrogens is 200 g/mol. The van der Waals surface area contributed by atoms with Crippen molar-refractivity contribution in [2.45, 2.75) is 0 Å². The number of amides is 1. The Labute approximate surface area is 94.7 Å². The van der Waals surface area contributed by atoms with E-state index in [2.05, 4.69) is 11.9 Å². The molecule has 1 aromatic rings. The molecule has 1 amide bonds. The zero-order valence-electron chi connectivity index (χ0n) is 9.03. The molecular formula is C13H12N2O. The topological polar surface area (TPSA) is 52.9 Å². The van der Waals surface area contributed by atoms with Crippen molar-refractivity contribution in [3.8, 4) is 6.07 Å². The average Bonchev–Trinajstić information content (AvgIpc) is 2.36. The highest BCUT2D eigenvalue weighted by Crippen LogP contribution is 2.19. The standard InChI is InChI=1S/C13H12N2O/c1-3-11(10-7-5-4-6-8-10)12(9-14)13(16)15-2/h3-8H,1H2,2H3,(H,15,16)/b12-11+. The average molecular weight is 212 g/mol. The maximum atomic E-state index is 11.5. The van der Waals surface area contributed by atoms with Gasteiger partial charge in [0.25, 0.3) is 5.91 Å². The third-order valence-electron chi connectivity index (χ3n) is 2.12. The van der Waals surface area contributed by atoms with E-state index in [9.17, 15) is 4.79 Å². The summed E-state index contributed by atoms with van der Waals surface area (Å²) in [7, 11) is 1.49. The highest BCUT2D eigenvalue weighted by atomic mass is 16.1. The first-order chi connectivity index (χ1) is 7.74. The molecule has 0 saturated carbocycles. The van der Waals surface area contributed by atoms with Gasteiger partial charge in [0, 0.05) is 12.6 Å². The van der Waals surface area contributed by atoms with Crippen LogP contribution in [0, 0.1) is 11.3 Å². The number of benzene rings is 1. The smallest absolute Gasteiger partial charge is 0.262 e. The summed E-state index contributed by atoms with van der Waals surface area (Å²) < 4.78 is 0. The van der Waals surface area contributed by atoms with Gasteiger partial charge >= 0.3 is 0 Å². The van der Waals surface area contributed by atoms with E-state index in [1.165, 1.54) is 13.1 Å². The minimum absolute atomic E-state index is 0.0729. The zero-order valence-corrected chi connectivity index (χ0v) is 9.03. The van der Waals surface area contributed by atoms with E-state index in [1.807, 2.05) is 36.4 Å². The summed E-state index contributed by atoms with van der Waals surface area (Å²) in [5.41, 5.74) is 1.42. The Morgan fingerprint density at radius 2 is 2.06 bits per heavy atom. The van der Waals surface area contributed by atoms with Crippen LogP contribution in [0.3, 0.4) is 0 Å². The lowest BCUT2D eigenvalue weighted by Crippen LogP contribution is -2.20. The number of nitrogens with zero attached hydrogens (tertiary/aromatic N) is 1. The van der Waals surface area contributed by atoms with E-state index in [1.54, 1.807) is 0 Å². The van der Waals surface area contributed by atoms with Gasteiger partial charge in [0.15, 0.2) is 0 Å². The van der Waals surface area contributed by atoms with Gasteiger partial charge in [0.05, 0.1) is 0 Å². The largest absolute Gasteiger partial charge is 0.354 e. The summed E-state index contributed by atoms with van der Waals surface area (Å²) in [4.78, 5) is 11.5. The van der Waals surface area contributed by atoms with E-state index in [0.29, 0.717) is 5.57 Å². The van der Waals surface area contributed by atoms with Gasteiger partial charge in [-0.25, -0.2) is 0 Å². The van der Waals surface area contributed by atoms with Crippen LogP contribution in [0.25, 0.3) is 5.57 Å². The molecule has 0 spiro atoms. The predicted octanol–water partition coefficient (Wildman–Crippen LogP) is 1.90. The molecule has 0 aliphatic carbocycles. The van der Waals surface area contributed by atoms with Crippen molar-refractivity contribution in [3.05, 3.63) is 54.1 Å². The number of nitrogens with one attached hydrogen (secondary N) is 1. The lowest BCUT2D eigenvalue weighted by atomic mass is 10.00. The van der Waals surface area contributed by atoms with Crippen LogP contribution in [0.1, 0.15) is 5.56 Å². The lowest BCUT2D eigenvalue weighted by Gasteiger charge is -2.05. The van der Waals surface area contributed by atoms with Crippen molar-refractivity contribution in [1.29, 1.82) is 5.26 Å². The molecule has 16 heavy (non-hydrogen) atoms. The molecule has 1 aromatic carbocycles. The van der Waals surface area contributed by atoms with Gasteiger partial charge in [0.2, 0.25) is 0 Å². The first kappa shape index (κ1) is 11.7. The molecule has 3 nitrogen and oxygen atoms in total. The molecule has 0 fully saturated rings. The number of likely N-dealkylation sites (N-methyl/N-ethyl adjacent to an activating group) is 1. The van der Waals surface area contributed by atoms with E-state index >= 15 is 0 Å². The maximum Gasteiger partial charge on any atom is 0.262 e. The van der Waals surface area contributed by atoms with Gasteiger partial charge in [-0.3, -0.25) is 4.79 Å². The van der Waals surface area contributed by atoms with E-state index in [0.717, 1.165) is 5.56 Å². The van der Waals surface area contributed by atoms with Gasteiger partial charge in [-0.1, -0.05) is 43.0 Å². The van der Waals surface area contributed by atoms with Gasteiger partial charge < -0.3 is 5.32 Å². The van der Waals surface area contributed by atoms with E-state index in [-0.39, 0.29) is 5.57 Å². The van der Waals surface area contributed by atoms with Crippen LogP contribution in [0.5, 0.6) is 0 Å². The summed E-state index contributed by atoms with van der Waals surface area (Å²) in [5.74, 6) is -0.402. The number of rotatable bonds is 3. The number of hydrogen-bond acceptors (Lipinski definition) is 2. The molecule has 0 radical (unpaired) electrons. The number of hydrogen-bond donors (Lipinski definition) is 1. The molecule has 0 aliphatic heterocycles. The summed E-state index contributed by atoms with van der Waals surface area (Å²) in [6.45, 7) is 3.63. The lowest BCUT2D eigenvalue weighted by molar-refractivity contribution is -0.116. The molecule has 0 saturated heterocycles. The fourth-order valence-electron chi connectivity index (χ4n) is 1.34. The van der Waals surface area contributed by atoms with E-state index in [4.69, 9.17) is 5.26 Å². The first-order valence-corrected chi connectivity index (χ1v) is 4.79. The Morgan fingerprint density at radius 1 is 1.44 bits per heavy atom.